The zero-order valence-corrected chi connectivity index (χ0v) is 18.4. The number of nitrogens with zero attached hydrogens (tertiary/aromatic N) is 1. The monoisotopic (exact) mass is 477 g/mol. The Kier molecular flexibility index (Phi) is 6.09. The number of ether oxygens (including phenoxy) is 1. The molecule has 0 unspecified atom stereocenters. The number of amides is 2. The van der Waals surface area contributed by atoms with E-state index < -0.39 is 17.0 Å². The Bertz CT molecular complexity index is 1220. The third-order valence-electron chi connectivity index (χ3n) is 4.55. The first-order chi connectivity index (χ1) is 14.9. The number of hydrogen-bond donors (Lipinski definition) is 0. The van der Waals surface area contributed by atoms with Crippen molar-refractivity contribution in [1.29, 1.82) is 0 Å². The van der Waals surface area contributed by atoms with Crippen LogP contribution in [0.2, 0.25) is 10.0 Å². The SMILES string of the molecule is COc1ccc(-c2ccc(/C=C3\SC(=O)N(Cc4ccc(F)cc4Cl)C3=O)o2)cc1Cl. The van der Waals surface area contributed by atoms with Crippen molar-refractivity contribution >= 4 is 52.2 Å². The molecule has 0 N–H and O–H groups in total. The zero-order valence-electron chi connectivity index (χ0n) is 16.0. The molecule has 1 fully saturated rings. The fourth-order valence-corrected chi connectivity index (χ4v) is 4.29. The van der Waals surface area contributed by atoms with Gasteiger partial charge in [0.25, 0.3) is 11.1 Å². The number of rotatable bonds is 5. The third kappa shape index (κ3) is 4.49. The number of halogens is 3. The lowest BCUT2D eigenvalue weighted by atomic mass is 10.2. The second-order valence-electron chi connectivity index (χ2n) is 6.55. The van der Waals surface area contributed by atoms with Gasteiger partial charge in [0.1, 0.15) is 23.1 Å². The van der Waals surface area contributed by atoms with E-state index in [4.69, 9.17) is 32.4 Å². The first kappa shape index (κ1) is 21.5. The van der Waals surface area contributed by atoms with Crippen molar-refractivity contribution in [3.05, 3.63) is 80.6 Å². The Morgan fingerprint density at radius 2 is 1.90 bits per heavy atom. The van der Waals surface area contributed by atoms with Crippen molar-refractivity contribution in [3.63, 3.8) is 0 Å². The van der Waals surface area contributed by atoms with Crippen molar-refractivity contribution in [2.75, 3.05) is 7.11 Å². The molecule has 2 aromatic carbocycles. The quantitative estimate of drug-likeness (QED) is 0.385. The summed E-state index contributed by atoms with van der Waals surface area (Å²) in [5, 5.41) is 0.153. The third-order valence-corrected chi connectivity index (χ3v) is 6.11. The van der Waals surface area contributed by atoms with E-state index in [-0.39, 0.29) is 16.5 Å². The number of furan rings is 1. The molecule has 9 heteroatoms. The van der Waals surface area contributed by atoms with E-state index in [0.29, 0.717) is 27.9 Å². The predicted octanol–water partition coefficient (Wildman–Crippen LogP) is 6.64. The minimum absolute atomic E-state index is 0.0468. The molecule has 0 spiro atoms. The summed E-state index contributed by atoms with van der Waals surface area (Å²) < 4.78 is 24.2. The van der Waals surface area contributed by atoms with Gasteiger partial charge in [-0.05, 0) is 59.8 Å². The van der Waals surface area contributed by atoms with Crippen LogP contribution in [-0.4, -0.2) is 23.2 Å². The summed E-state index contributed by atoms with van der Waals surface area (Å²) >= 11 is 13.0. The van der Waals surface area contributed by atoms with Gasteiger partial charge in [0.15, 0.2) is 0 Å². The smallest absolute Gasteiger partial charge is 0.293 e. The molecule has 0 saturated carbocycles. The van der Waals surface area contributed by atoms with Crippen LogP contribution in [0.4, 0.5) is 9.18 Å². The highest BCUT2D eigenvalue weighted by Crippen LogP contribution is 2.36. The average Bonchev–Trinajstić information content (AvgIpc) is 3.30. The van der Waals surface area contributed by atoms with Gasteiger partial charge in [-0.1, -0.05) is 29.3 Å². The Labute approximate surface area is 191 Å². The molecule has 158 valence electrons. The highest BCUT2D eigenvalue weighted by atomic mass is 35.5. The van der Waals surface area contributed by atoms with Crippen molar-refractivity contribution in [1.82, 2.24) is 4.90 Å². The van der Waals surface area contributed by atoms with E-state index in [1.807, 2.05) is 0 Å². The highest BCUT2D eigenvalue weighted by molar-refractivity contribution is 8.18. The Hall–Kier alpha value is -2.74. The Morgan fingerprint density at radius 3 is 2.61 bits per heavy atom. The first-order valence-electron chi connectivity index (χ1n) is 8.99. The lowest BCUT2D eigenvalue weighted by molar-refractivity contribution is -0.123. The van der Waals surface area contributed by atoms with Gasteiger partial charge in [0.05, 0.1) is 23.6 Å². The molecule has 5 nitrogen and oxygen atoms in total. The summed E-state index contributed by atoms with van der Waals surface area (Å²) in [6.07, 6.45) is 1.51. The van der Waals surface area contributed by atoms with Crippen molar-refractivity contribution in [2.45, 2.75) is 6.54 Å². The standard InChI is InChI=1S/C22H14Cl2FNO4S/c1-29-19-6-3-12(8-17(19)24)18-7-5-15(30-18)10-20-21(27)26(22(28)31-20)11-13-2-4-14(25)9-16(13)23/h2-10H,11H2,1H3/b20-10-. The summed E-state index contributed by atoms with van der Waals surface area (Å²) in [5.41, 5.74) is 1.22. The van der Waals surface area contributed by atoms with Gasteiger partial charge in [0, 0.05) is 16.7 Å². The molecule has 1 aromatic heterocycles. The average molecular weight is 478 g/mol. The minimum atomic E-state index is -0.491. The van der Waals surface area contributed by atoms with Crippen molar-refractivity contribution in [2.24, 2.45) is 0 Å². The summed E-state index contributed by atoms with van der Waals surface area (Å²) in [5.74, 6) is 0.544. The molecule has 0 atom stereocenters. The van der Waals surface area contributed by atoms with Gasteiger partial charge in [0.2, 0.25) is 0 Å². The molecule has 2 heterocycles. The van der Waals surface area contributed by atoms with Crippen molar-refractivity contribution in [3.8, 4) is 17.1 Å². The fraction of sp³-hybridized carbons (Fsp3) is 0.0909. The maximum atomic E-state index is 13.2. The molecule has 2 amide bonds. The van der Waals surface area contributed by atoms with Gasteiger partial charge in [-0.25, -0.2) is 4.39 Å². The molecule has 0 bridgehead atoms. The summed E-state index contributed by atoms with van der Waals surface area (Å²) in [6.45, 7) is -0.0468. The highest BCUT2D eigenvalue weighted by Gasteiger charge is 2.35. The van der Waals surface area contributed by atoms with Crippen LogP contribution >= 0.6 is 35.0 Å². The molecule has 4 rings (SSSR count). The van der Waals surface area contributed by atoms with E-state index >= 15 is 0 Å². The summed E-state index contributed by atoms with van der Waals surface area (Å²) in [7, 11) is 1.53. The van der Waals surface area contributed by atoms with E-state index in [2.05, 4.69) is 0 Å². The van der Waals surface area contributed by atoms with Crippen LogP contribution in [0, 0.1) is 5.82 Å². The van der Waals surface area contributed by atoms with E-state index in [9.17, 15) is 14.0 Å². The number of thioether (sulfide) groups is 1. The number of benzene rings is 2. The zero-order chi connectivity index (χ0) is 22.1. The summed E-state index contributed by atoms with van der Waals surface area (Å²) in [4.78, 5) is 26.3. The van der Waals surface area contributed by atoms with Crippen LogP contribution < -0.4 is 4.74 Å². The maximum absolute atomic E-state index is 13.2. The van der Waals surface area contributed by atoms with E-state index in [1.54, 1.807) is 30.3 Å². The molecule has 0 radical (unpaired) electrons. The van der Waals surface area contributed by atoms with Crippen LogP contribution in [0.3, 0.4) is 0 Å². The van der Waals surface area contributed by atoms with Gasteiger partial charge >= 0.3 is 0 Å². The predicted molar refractivity (Wildman–Crippen MR) is 119 cm³/mol. The molecule has 31 heavy (non-hydrogen) atoms. The fourth-order valence-electron chi connectivity index (χ4n) is 2.99. The summed E-state index contributed by atoms with van der Waals surface area (Å²) in [6, 6.07) is 12.5. The molecule has 0 aliphatic carbocycles. The number of hydrogen-bond acceptors (Lipinski definition) is 5. The lowest BCUT2D eigenvalue weighted by Crippen LogP contribution is -2.27. The van der Waals surface area contributed by atoms with Crippen LogP contribution in [0.25, 0.3) is 17.4 Å². The van der Waals surface area contributed by atoms with Crippen LogP contribution in [0.1, 0.15) is 11.3 Å². The number of carbonyl (C=O) groups excluding carboxylic acids is 2. The first-order valence-corrected chi connectivity index (χ1v) is 10.6. The Morgan fingerprint density at radius 1 is 1.10 bits per heavy atom. The molecule has 1 aliphatic rings. The van der Waals surface area contributed by atoms with Gasteiger partial charge in [-0.2, -0.15) is 0 Å². The number of carbonyl (C=O) groups is 2. The largest absolute Gasteiger partial charge is 0.495 e. The second-order valence-corrected chi connectivity index (χ2v) is 8.36. The second kappa shape index (κ2) is 8.78. The Balaban J connectivity index is 1.54. The molecule has 1 aliphatic heterocycles. The number of methoxy groups -OCH3 is 1. The van der Waals surface area contributed by atoms with E-state index in [0.717, 1.165) is 28.3 Å². The molecular weight excluding hydrogens is 464 g/mol. The normalized spacial score (nSPS) is 15.2. The van der Waals surface area contributed by atoms with Gasteiger partial charge < -0.3 is 9.15 Å². The van der Waals surface area contributed by atoms with Gasteiger partial charge in [-0.3, -0.25) is 14.5 Å². The number of imide groups is 1. The van der Waals surface area contributed by atoms with Crippen LogP contribution in [-0.2, 0) is 11.3 Å². The van der Waals surface area contributed by atoms with E-state index in [1.165, 1.54) is 25.3 Å². The van der Waals surface area contributed by atoms with Crippen molar-refractivity contribution < 1.29 is 23.1 Å². The van der Waals surface area contributed by atoms with Crippen LogP contribution in [0.15, 0.2) is 57.9 Å². The minimum Gasteiger partial charge on any atom is -0.495 e. The topological polar surface area (TPSA) is 59.8 Å². The lowest BCUT2D eigenvalue weighted by Gasteiger charge is -2.13. The maximum Gasteiger partial charge on any atom is 0.293 e. The van der Waals surface area contributed by atoms with Gasteiger partial charge in [-0.15, -0.1) is 0 Å². The molecule has 1 saturated heterocycles. The van der Waals surface area contributed by atoms with Crippen LogP contribution in [0.5, 0.6) is 5.75 Å². The molecule has 3 aromatic rings. The molecular formula is C22H14Cl2FNO4S.